The van der Waals surface area contributed by atoms with E-state index < -0.39 is 0 Å². The van der Waals surface area contributed by atoms with Crippen molar-refractivity contribution in [1.29, 1.82) is 0 Å². The summed E-state index contributed by atoms with van der Waals surface area (Å²) in [6.07, 6.45) is 5.25. The Morgan fingerprint density at radius 2 is 2.05 bits per heavy atom. The zero-order valence-corrected chi connectivity index (χ0v) is 13.8. The smallest absolute Gasteiger partial charge is 0.225 e. The summed E-state index contributed by atoms with van der Waals surface area (Å²) >= 11 is 1.67. The maximum atomic E-state index is 4.65. The van der Waals surface area contributed by atoms with Crippen molar-refractivity contribution in [3.63, 3.8) is 0 Å². The first-order valence-electron chi connectivity index (χ1n) is 7.88. The van der Waals surface area contributed by atoms with Gasteiger partial charge in [0.05, 0.1) is 5.39 Å². The van der Waals surface area contributed by atoms with Crippen LogP contribution in [0.2, 0.25) is 0 Å². The molecule has 2 atom stereocenters. The van der Waals surface area contributed by atoms with Crippen LogP contribution in [-0.2, 0) is 0 Å². The molecule has 1 aliphatic rings. The monoisotopic (exact) mass is 304 g/mol. The van der Waals surface area contributed by atoms with E-state index in [0.717, 1.165) is 22.0 Å². The van der Waals surface area contributed by atoms with E-state index in [1.165, 1.54) is 25.7 Å². The van der Waals surface area contributed by atoms with Crippen LogP contribution in [0.25, 0.3) is 10.2 Å². The number of fused-ring (bicyclic) bond motifs is 1. The van der Waals surface area contributed by atoms with E-state index in [9.17, 15) is 0 Å². The summed E-state index contributed by atoms with van der Waals surface area (Å²) in [5.41, 5.74) is 0. The van der Waals surface area contributed by atoms with Crippen molar-refractivity contribution >= 4 is 33.3 Å². The van der Waals surface area contributed by atoms with Gasteiger partial charge in [-0.15, -0.1) is 11.3 Å². The Balaban J connectivity index is 1.90. The summed E-state index contributed by atoms with van der Waals surface area (Å²) in [4.78, 5) is 10.2. The van der Waals surface area contributed by atoms with Gasteiger partial charge in [-0.2, -0.15) is 4.98 Å². The van der Waals surface area contributed by atoms with Crippen LogP contribution in [0, 0.1) is 11.8 Å². The number of hydrogen-bond donors (Lipinski definition) is 2. The minimum absolute atomic E-state index is 0.529. The van der Waals surface area contributed by atoms with Crippen LogP contribution >= 0.6 is 11.3 Å². The fraction of sp³-hybridized carbons (Fsp3) is 0.625. The SMILES string of the molecule is CNc1nc(NC2CCCCC2C(C)C)c2ccsc2n1. The van der Waals surface area contributed by atoms with Gasteiger partial charge in [-0.25, -0.2) is 4.98 Å². The van der Waals surface area contributed by atoms with Gasteiger partial charge in [0.1, 0.15) is 10.6 Å². The van der Waals surface area contributed by atoms with Gasteiger partial charge >= 0.3 is 0 Å². The molecule has 1 saturated carbocycles. The van der Waals surface area contributed by atoms with Crippen molar-refractivity contribution in [2.75, 3.05) is 17.7 Å². The summed E-state index contributed by atoms with van der Waals surface area (Å²) in [7, 11) is 1.87. The van der Waals surface area contributed by atoms with Gasteiger partial charge in [-0.05, 0) is 36.1 Å². The zero-order valence-electron chi connectivity index (χ0n) is 13.0. The molecule has 0 amide bonds. The number of rotatable bonds is 4. The summed E-state index contributed by atoms with van der Waals surface area (Å²) in [6.45, 7) is 4.67. The van der Waals surface area contributed by atoms with Crippen LogP contribution in [0.15, 0.2) is 11.4 Å². The molecule has 0 saturated heterocycles. The van der Waals surface area contributed by atoms with Crippen molar-refractivity contribution in [3.8, 4) is 0 Å². The minimum Gasteiger partial charge on any atom is -0.366 e. The molecule has 0 aliphatic heterocycles. The van der Waals surface area contributed by atoms with Gasteiger partial charge in [-0.1, -0.05) is 26.7 Å². The van der Waals surface area contributed by atoms with Crippen LogP contribution in [0.4, 0.5) is 11.8 Å². The van der Waals surface area contributed by atoms with Crippen LogP contribution < -0.4 is 10.6 Å². The standard InChI is InChI=1S/C16H24N4S/c1-10(2)11-6-4-5-7-13(11)18-14-12-8-9-21-15(12)20-16(17-3)19-14/h8-11,13H,4-7H2,1-3H3,(H2,17,18,19,20). The molecule has 4 nitrogen and oxygen atoms in total. The Labute approximate surface area is 130 Å². The number of aromatic nitrogens is 2. The second-order valence-corrected chi connectivity index (χ2v) is 7.12. The number of nitrogens with zero attached hydrogens (tertiary/aromatic N) is 2. The van der Waals surface area contributed by atoms with Gasteiger partial charge in [0.2, 0.25) is 5.95 Å². The Hall–Kier alpha value is -1.36. The lowest BCUT2D eigenvalue weighted by atomic mass is 9.78. The Morgan fingerprint density at radius 1 is 1.24 bits per heavy atom. The molecule has 3 rings (SSSR count). The molecule has 2 N–H and O–H groups in total. The highest BCUT2D eigenvalue weighted by atomic mass is 32.1. The molecule has 21 heavy (non-hydrogen) atoms. The van der Waals surface area contributed by atoms with Crippen molar-refractivity contribution in [3.05, 3.63) is 11.4 Å². The number of anilines is 2. The second kappa shape index (κ2) is 6.18. The van der Waals surface area contributed by atoms with E-state index >= 15 is 0 Å². The van der Waals surface area contributed by atoms with Gasteiger partial charge < -0.3 is 10.6 Å². The number of nitrogens with one attached hydrogen (secondary N) is 2. The zero-order chi connectivity index (χ0) is 14.8. The van der Waals surface area contributed by atoms with Crippen molar-refractivity contribution in [2.24, 2.45) is 11.8 Å². The molecule has 0 spiro atoms. The molecule has 0 bridgehead atoms. The highest BCUT2D eigenvalue weighted by molar-refractivity contribution is 7.16. The fourth-order valence-electron chi connectivity index (χ4n) is 3.39. The molecule has 2 heterocycles. The van der Waals surface area contributed by atoms with Crippen molar-refractivity contribution in [1.82, 2.24) is 9.97 Å². The van der Waals surface area contributed by atoms with E-state index in [1.54, 1.807) is 11.3 Å². The van der Waals surface area contributed by atoms with Crippen molar-refractivity contribution in [2.45, 2.75) is 45.6 Å². The maximum Gasteiger partial charge on any atom is 0.225 e. The van der Waals surface area contributed by atoms with Crippen LogP contribution in [0.3, 0.4) is 0 Å². The molecule has 2 aromatic rings. The van der Waals surface area contributed by atoms with Crippen LogP contribution in [-0.4, -0.2) is 23.1 Å². The molecule has 114 valence electrons. The van der Waals surface area contributed by atoms with Gasteiger partial charge in [0.15, 0.2) is 0 Å². The molecule has 2 unspecified atom stereocenters. The predicted octanol–water partition coefficient (Wildman–Crippen LogP) is 4.36. The Morgan fingerprint density at radius 3 is 2.81 bits per heavy atom. The summed E-state index contributed by atoms with van der Waals surface area (Å²) < 4.78 is 0. The Kier molecular flexibility index (Phi) is 4.29. The van der Waals surface area contributed by atoms with Gasteiger partial charge in [0, 0.05) is 13.1 Å². The second-order valence-electron chi connectivity index (χ2n) is 6.23. The first kappa shape index (κ1) is 14.6. The molecule has 0 aromatic carbocycles. The third kappa shape index (κ3) is 2.98. The van der Waals surface area contributed by atoms with E-state index in [2.05, 4.69) is 45.9 Å². The number of hydrogen-bond acceptors (Lipinski definition) is 5. The maximum absolute atomic E-state index is 4.65. The van der Waals surface area contributed by atoms with Gasteiger partial charge in [0.25, 0.3) is 0 Å². The molecule has 1 fully saturated rings. The largest absolute Gasteiger partial charge is 0.366 e. The van der Waals surface area contributed by atoms with E-state index in [1.807, 2.05) is 7.05 Å². The Bertz CT molecular complexity index is 607. The molecule has 5 heteroatoms. The molecular weight excluding hydrogens is 280 g/mol. The lowest BCUT2D eigenvalue weighted by molar-refractivity contribution is 0.253. The molecule has 2 aromatic heterocycles. The lowest BCUT2D eigenvalue weighted by Gasteiger charge is -2.35. The third-order valence-electron chi connectivity index (χ3n) is 4.55. The topological polar surface area (TPSA) is 49.8 Å². The van der Waals surface area contributed by atoms with Crippen molar-refractivity contribution < 1.29 is 0 Å². The molecule has 0 radical (unpaired) electrons. The van der Waals surface area contributed by atoms with Gasteiger partial charge in [-0.3, -0.25) is 0 Å². The van der Waals surface area contributed by atoms with Crippen LogP contribution in [0.5, 0.6) is 0 Å². The first-order chi connectivity index (χ1) is 10.2. The summed E-state index contributed by atoms with van der Waals surface area (Å²) in [5.74, 6) is 3.14. The summed E-state index contributed by atoms with van der Waals surface area (Å²) in [5, 5.41) is 10.0. The van der Waals surface area contributed by atoms with E-state index in [-0.39, 0.29) is 0 Å². The quantitative estimate of drug-likeness (QED) is 0.881. The molecule has 1 aliphatic carbocycles. The molecular formula is C16H24N4S. The van der Waals surface area contributed by atoms with E-state index in [0.29, 0.717) is 17.9 Å². The third-order valence-corrected chi connectivity index (χ3v) is 5.35. The highest BCUT2D eigenvalue weighted by Crippen LogP contribution is 2.34. The first-order valence-corrected chi connectivity index (χ1v) is 8.76. The van der Waals surface area contributed by atoms with E-state index in [4.69, 9.17) is 0 Å². The average molecular weight is 304 g/mol. The normalized spacial score (nSPS) is 22.7. The highest BCUT2D eigenvalue weighted by Gasteiger charge is 2.28. The lowest BCUT2D eigenvalue weighted by Crippen LogP contribution is -2.35. The average Bonchev–Trinajstić information content (AvgIpc) is 2.96. The van der Waals surface area contributed by atoms with Crippen LogP contribution in [0.1, 0.15) is 39.5 Å². The predicted molar refractivity (Wildman–Crippen MR) is 91.2 cm³/mol. The summed E-state index contributed by atoms with van der Waals surface area (Å²) in [6, 6.07) is 2.65. The minimum atomic E-state index is 0.529. The number of thiophene rings is 1. The fourth-order valence-corrected chi connectivity index (χ4v) is 4.15.